The van der Waals surface area contributed by atoms with Crippen LogP contribution in [-0.2, 0) is 11.0 Å². The molecule has 7 rings (SSSR count). The van der Waals surface area contributed by atoms with E-state index in [0.717, 1.165) is 59.2 Å². The first-order valence-corrected chi connectivity index (χ1v) is 16.6. The van der Waals surface area contributed by atoms with Gasteiger partial charge in [-0.3, -0.25) is 0 Å². The molecule has 5 nitrogen and oxygen atoms in total. The van der Waals surface area contributed by atoms with Crippen LogP contribution in [0.5, 0.6) is 28.7 Å². The SMILES string of the molecule is COc1ccc(C2(c3ccc(OC)cc3)C=C(C)c3c4c(c5cc(OC)c(OC)cc5c3O2)-c2cc(Br)cc(Br)c2C4(C)C)cc1. The summed E-state index contributed by atoms with van der Waals surface area (Å²) in [4.78, 5) is 0. The normalized spacial score (nSPS) is 15.3. The molecule has 0 radical (unpaired) electrons. The van der Waals surface area contributed by atoms with Crippen molar-refractivity contribution in [2.24, 2.45) is 0 Å². The van der Waals surface area contributed by atoms with Crippen molar-refractivity contribution in [3.05, 3.63) is 116 Å². The predicted octanol–water partition coefficient (Wildman–Crippen LogP) is 10.4. The topological polar surface area (TPSA) is 46.2 Å². The van der Waals surface area contributed by atoms with E-state index in [-0.39, 0.29) is 5.41 Å². The number of fused-ring (bicyclic) bond motifs is 8. The summed E-state index contributed by atoms with van der Waals surface area (Å²) in [6.07, 6.45) is 2.26. The quantitative estimate of drug-likeness (QED) is 0.173. The second-order valence-corrected chi connectivity index (χ2v) is 14.0. The van der Waals surface area contributed by atoms with Crippen molar-refractivity contribution in [3.63, 3.8) is 0 Å². The first-order valence-electron chi connectivity index (χ1n) is 15.0. The highest BCUT2D eigenvalue weighted by Gasteiger charge is 2.46. The van der Waals surface area contributed by atoms with E-state index in [9.17, 15) is 0 Å². The molecule has 0 saturated heterocycles. The third-order valence-corrected chi connectivity index (χ3v) is 10.5. The number of hydrogen-bond donors (Lipinski definition) is 0. The number of halogens is 2. The summed E-state index contributed by atoms with van der Waals surface area (Å²) in [6, 6.07) is 24.7. The Kier molecular flexibility index (Phi) is 7.41. The van der Waals surface area contributed by atoms with Gasteiger partial charge < -0.3 is 23.7 Å². The van der Waals surface area contributed by atoms with Crippen molar-refractivity contribution >= 4 is 48.2 Å². The van der Waals surface area contributed by atoms with Crippen LogP contribution >= 0.6 is 31.9 Å². The molecule has 0 N–H and O–H groups in total. The number of hydrogen-bond acceptors (Lipinski definition) is 5. The Labute approximate surface area is 286 Å². The standard InChI is InChI=1S/C39H34Br2O5/c1-21-20-39(22-8-12-25(42-4)13-9-22,23-10-14-26(43-5)15-11-23)46-37-28-19-32(45-7)31(44-6)18-27(28)34-29-16-24(40)17-30(41)35(29)38(2,3)36(34)33(21)37/h8-20H,1-7H3. The van der Waals surface area contributed by atoms with Crippen molar-refractivity contribution in [1.29, 1.82) is 0 Å². The van der Waals surface area contributed by atoms with Gasteiger partial charge in [-0.2, -0.15) is 0 Å². The Morgan fingerprint density at radius 2 is 1.17 bits per heavy atom. The zero-order valence-corrected chi connectivity index (χ0v) is 30.0. The van der Waals surface area contributed by atoms with Gasteiger partial charge in [0.05, 0.1) is 28.4 Å². The van der Waals surface area contributed by atoms with Crippen LogP contribution in [-0.4, -0.2) is 28.4 Å². The summed E-state index contributed by atoms with van der Waals surface area (Å²) < 4.78 is 32.3. The van der Waals surface area contributed by atoms with Crippen LogP contribution in [0.15, 0.2) is 87.8 Å². The van der Waals surface area contributed by atoms with Gasteiger partial charge in [-0.05, 0) is 94.7 Å². The second-order valence-electron chi connectivity index (χ2n) is 12.3. The van der Waals surface area contributed by atoms with Gasteiger partial charge in [0, 0.05) is 36.4 Å². The molecule has 1 aliphatic heterocycles. The third-order valence-electron chi connectivity index (χ3n) is 9.45. The number of ether oxygens (including phenoxy) is 5. The van der Waals surface area contributed by atoms with Crippen LogP contribution in [0, 0.1) is 0 Å². The van der Waals surface area contributed by atoms with Crippen molar-refractivity contribution in [2.75, 3.05) is 28.4 Å². The minimum Gasteiger partial charge on any atom is -0.497 e. The molecule has 5 aromatic rings. The maximum atomic E-state index is 7.49. The molecule has 0 fully saturated rings. The molecule has 2 aliphatic rings. The van der Waals surface area contributed by atoms with Crippen LogP contribution < -0.4 is 23.7 Å². The molecule has 234 valence electrons. The maximum Gasteiger partial charge on any atom is 0.178 e. The van der Waals surface area contributed by atoms with Gasteiger partial charge in [0.15, 0.2) is 17.1 Å². The first-order chi connectivity index (χ1) is 22.1. The minimum absolute atomic E-state index is 0.339. The van der Waals surface area contributed by atoms with E-state index in [1.807, 2.05) is 24.3 Å². The molecule has 1 heterocycles. The fraction of sp³-hybridized carbons (Fsp3) is 0.231. The lowest BCUT2D eigenvalue weighted by molar-refractivity contribution is 0.162. The van der Waals surface area contributed by atoms with E-state index >= 15 is 0 Å². The molecule has 0 aromatic heterocycles. The summed E-state index contributed by atoms with van der Waals surface area (Å²) in [5, 5.41) is 1.99. The van der Waals surface area contributed by atoms with Crippen LogP contribution in [0.1, 0.15) is 48.6 Å². The van der Waals surface area contributed by atoms with Crippen LogP contribution in [0.3, 0.4) is 0 Å². The lowest BCUT2D eigenvalue weighted by Gasteiger charge is -2.40. The van der Waals surface area contributed by atoms with Crippen molar-refractivity contribution in [1.82, 2.24) is 0 Å². The Hall–Kier alpha value is -3.94. The molecule has 0 amide bonds. The molecular formula is C39H34Br2O5. The number of allylic oxidation sites excluding steroid dienone is 1. The van der Waals surface area contributed by atoms with E-state index in [1.165, 1.54) is 22.3 Å². The first kappa shape index (κ1) is 30.7. The minimum atomic E-state index is -0.941. The zero-order chi connectivity index (χ0) is 32.5. The van der Waals surface area contributed by atoms with Gasteiger partial charge >= 0.3 is 0 Å². The Balaban J connectivity index is 1.62. The highest BCUT2D eigenvalue weighted by molar-refractivity contribution is 9.11. The second kappa shape index (κ2) is 11.1. The molecule has 0 spiro atoms. The summed E-state index contributed by atoms with van der Waals surface area (Å²) in [7, 11) is 6.70. The molecule has 0 saturated carbocycles. The molecular weight excluding hydrogens is 708 g/mol. The number of methoxy groups -OCH3 is 4. The van der Waals surface area contributed by atoms with Crippen molar-refractivity contribution in [2.45, 2.75) is 31.8 Å². The van der Waals surface area contributed by atoms with E-state index in [4.69, 9.17) is 23.7 Å². The highest BCUT2D eigenvalue weighted by Crippen LogP contribution is 2.62. The molecule has 5 aromatic carbocycles. The number of benzene rings is 5. The van der Waals surface area contributed by atoms with E-state index in [0.29, 0.717) is 11.5 Å². The molecule has 1 aliphatic carbocycles. The van der Waals surface area contributed by atoms with Gasteiger partial charge in [-0.1, -0.05) is 70.0 Å². The summed E-state index contributed by atoms with van der Waals surface area (Å²) >= 11 is 7.69. The van der Waals surface area contributed by atoms with Crippen LogP contribution in [0.4, 0.5) is 0 Å². The van der Waals surface area contributed by atoms with Crippen molar-refractivity contribution < 1.29 is 23.7 Å². The monoisotopic (exact) mass is 740 g/mol. The van der Waals surface area contributed by atoms with Crippen molar-refractivity contribution in [3.8, 4) is 39.9 Å². The fourth-order valence-electron chi connectivity index (χ4n) is 7.40. The average Bonchev–Trinajstić information content (AvgIpc) is 3.30. The summed E-state index contributed by atoms with van der Waals surface area (Å²) in [5.41, 5.74) is 7.71. The fourth-order valence-corrected chi connectivity index (χ4v) is 9.12. The molecule has 46 heavy (non-hydrogen) atoms. The largest absolute Gasteiger partial charge is 0.497 e. The van der Waals surface area contributed by atoms with Gasteiger partial charge in [0.2, 0.25) is 0 Å². The third kappa shape index (κ3) is 4.39. The molecule has 0 atom stereocenters. The average molecular weight is 743 g/mol. The van der Waals surface area contributed by atoms with Crippen LogP contribution in [0.2, 0.25) is 0 Å². The number of rotatable bonds is 6. The Morgan fingerprint density at radius 1 is 0.630 bits per heavy atom. The van der Waals surface area contributed by atoms with E-state index < -0.39 is 5.60 Å². The van der Waals surface area contributed by atoms with E-state index in [1.54, 1.807) is 28.4 Å². The van der Waals surface area contributed by atoms with E-state index in [2.05, 4.69) is 107 Å². The van der Waals surface area contributed by atoms with Gasteiger partial charge in [-0.25, -0.2) is 0 Å². The van der Waals surface area contributed by atoms with Gasteiger partial charge in [0.25, 0.3) is 0 Å². The van der Waals surface area contributed by atoms with Gasteiger partial charge in [-0.15, -0.1) is 0 Å². The zero-order valence-electron chi connectivity index (χ0n) is 26.8. The lowest BCUT2D eigenvalue weighted by atomic mass is 9.74. The predicted molar refractivity (Wildman–Crippen MR) is 191 cm³/mol. The highest BCUT2D eigenvalue weighted by atomic mass is 79.9. The van der Waals surface area contributed by atoms with Crippen LogP contribution in [0.25, 0.3) is 27.5 Å². The lowest BCUT2D eigenvalue weighted by Crippen LogP contribution is -2.36. The summed E-state index contributed by atoms with van der Waals surface area (Å²) in [6.45, 7) is 6.79. The molecule has 7 heteroatoms. The van der Waals surface area contributed by atoms with Gasteiger partial charge in [0.1, 0.15) is 17.2 Å². The smallest absolute Gasteiger partial charge is 0.178 e. The molecule has 0 bridgehead atoms. The Bertz CT molecular complexity index is 2010. The maximum absolute atomic E-state index is 7.49. The Morgan fingerprint density at radius 3 is 1.70 bits per heavy atom. The summed E-state index contributed by atoms with van der Waals surface area (Å²) in [5.74, 6) is 3.67. The molecule has 0 unspecified atom stereocenters.